The second-order valence-electron chi connectivity index (χ2n) is 6.73. The summed E-state index contributed by atoms with van der Waals surface area (Å²) >= 11 is 0. The Morgan fingerprint density at radius 3 is 2.39 bits per heavy atom. The lowest BCUT2D eigenvalue weighted by atomic mass is 10.0. The molecule has 3 N–H and O–H groups in total. The van der Waals surface area contributed by atoms with Gasteiger partial charge in [0.15, 0.2) is 0 Å². The molecule has 0 fully saturated rings. The number of aromatic hydroxyl groups is 1. The molecule has 1 amide bonds. The third kappa shape index (κ3) is 3.13. The maximum Gasteiger partial charge on any atom is 0.262 e. The number of nitrogens with zero attached hydrogens (tertiary/aromatic N) is 2. The normalized spacial score (nSPS) is 10.8. The number of aryl methyl sites for hydroxylation is 2. The first kappa shape index (κ1) is 19.2. The number of rotatable bonds is 5. The minimum atomic E-state index is -0.389. The van der Waals surface area contributed by atoms with Crippen molar-refractivity contribution in [3.63, 3.8) is 0 Å². The Balaban J connectivity index is 2.42. The minimum Gasteiger partial charge on any atom is -0.507 e. The Kier molecular flexibility index (Phi) is 4.96. The Hall–Kier alpha value is -3.55. The van der Waals surface area contributed by atoms with E-state index in [-0.39, 0.29) is 16.7 Å². The topological polar surface area (TPSA) is 108 Å². The van der Waals surface area contributed by atoms with Crippen LogP contribution in [0.3, 0.4) is 0 Å². The summed E-state index contributed by atoms with van der Waals surface area (Å²) in [5.74, 6) is 0.885. The first-order chi connectivity index (χ1) is 13.3. The molecule has 3 aromatic rings. The molecule has 8 heteroatoms. The summed E-state index contributed by atoms with van der Waals surface area (Å²) in [6.07, 6.45) is 0.547. The summed E-state index contributed by atoms with van der Waals surface area (Å²) in [5.41, 5.74) is 2.98. The molecule has 0 saturated carbocycles. The number of phenols is 1. The minimum absolute atomic E-state index is 0.201. The van der Waals surface area contributed by atoms with E-state index in [1.165, 1.54) is 7.11 Å². The van der Waals surface area contributed by atoms with Crippen molar-refractivity contribution in [2.45, 2.75) is 13.8 Å². The van der Waals surface area contributed by atoms with Crippen LogP contribution in [0.4, 0.5) is 11.4 Å². The van der Waals surface area contributed by atoms with E-state index in [1.807, 2.05) is 14.1 Å². The molecule has 28 heavy (non-hydrogen) atoms. The quantitative estimate of drug-likeness (QED) is 0.586. The molecule has 0 saturated heterocycles. The fraction of sp³-hybridized carbons (Fsp3) is 0.250. The molecule has 0 radical (unpaired) electrons. The van der Waals surface area contributed by atoms with E-state index < -0.39 is 0 Å². The number of benzene rings is 2. The molecule has 2 aromatic carbocycles. The zero-order valence-corrected chi connectivity index (χ0v) is 16.4. The van der Waals surface area contributed by atoms with Crippen LogP contribution in [-0.4, -0.2) is 42.7 Å². The molecule has 0 aliphatic rings. The molecule has 146 valence electrons. The average molecular weight is 382 g/mol. The predicted octanol–water partition coefficient (Wildman–Crippen LogP) is 2.56. The van der Waals surface area contributed by atoms with Crippen molar-refractivity contribution in [1.29, 1.82) is 0 Å². The van der Waals surface area contributed by atoms with Gasteiger partial charge in [0.1, 0.15) is 28.2 Å². The molecule has 8 nitrogen and oxygen atoms in total. The lowest BCUT2D eigenvalue weighted by Gasteiger charge is -2.20. The van der Waals surface area contributed by atoms with E-state index in [1.54, 1.807) is 36.9 Å². The maximum atomic E-state index is 12.9. The number of amides is 1. The summed E-state index contributed by atoms with van der Waals surface area (Å²) in [6, 6.07) is 5.16. The smallest absolute Gasteiger partial charge is 0.262 e. The zero-order valence-electron chi connectivity index (χ0n) is 16.4. The average Bonchev–Trinajstić information content (AvgIpc) is 2.65. The molecule has 0 aliphatic carbocycles. The van der Waals surface area contributed by atoms with E-state index in [2.05, 4.69) is 15.3 Å². The van der Waals surface area contributed by atoms with Crippen LogP contribution in [-0.2, 0) is 4.79 Å². The van der Waals surface area contributed by atoms with Gasteiger partial charge in [-0.3, -0.25) is 9.59 Å². The second kappa shape index (κ2) is 7.22. The van der Waals surface area contributed by atoms with Crippen LogP contribution in [0.5, 0.6) is 11.5 Å². The van der Waals surface area contributed by atoms with Gasteiger partial charge in [-0.25, -0.2) is 4.98 Å². The van der Waals surface area contributed by atoms with Crippen LogP contribution in [0, 0.1) is 13.8 Å². The van der Waals surface area contributed by atoms with Gasteiger partial charge in [0, 0.05) is 25.7 Å². The van der Waals surface area contributed by atoms with E-state index in [9.17, 15) is 14.7 Å². The Bertz CT molecular complexity index is 1110. The lowest BCUT2D eigenvalue weighted by Crippen LogP contribution is -2.16. The summed E-state index contributed by atoms with van der Waals surface area (Å²) in [4.78, 5) is 33.3. The third-order valence-electron chi connectivity index (χ3n) is 4.60. The highest BCUT2D eigenvalue weighted by atomic mass is 16.5. The third-order valence-corrected chi connectivity index (χ3v) is 4.60. The first-order valence-corrected chi connectivity index (χ1v) is 8.61. The van der Waals surface area contributed by atoms with Crippen molar-refractivity contribution in [1.82, 2.24) is 9.97 Å². The number of carbonyl (C=O) groups excluding carboxylic acids is 1. The number of anilines is 2. The van der Waals surface area contributed by atoms with Gasteiger partial charge in [0.2, 0.25) is 6.41 Å². The number of ether oxygens (including phenoxy) is 1. The lowest BCUT2D eigenvalue weighted by molar-refractivity contribution is -0.105. The highest BCUT2D eigenvalue weighted by molar-refractivity contribution is 6.04. The number of aromatic nitrogens is 2. The van der Waals surface area contributed by atoms with Gasteiger partial charge in [0.05, 0.1) is 18.5 Å². The number of fused-ring (bicyclic) bond motifs is 1. The SMILES string of the molecule is COc1cc(N(C)C)c(NC=O)c2nc(-c3cc(C)c(O)c(C)c3)[nH]c(=O)c12. The number of hydrogen-bond acceptors (Lipinski definition) is 6. The fourth-order valence-electron chi connectivity index (χ4n) is 3.22. The number of phenolic OH excluding ortho intramolecular Hbond substituents is 1. The number of carbonyl (C=O) groups is 1. The van der Waals surface area contributed by atoms with E-state index in [0.717, 1.165) is 0 Å². The molecule has 0 unspecified atom stereocenters. The van der Waals surface area contributed by atoms with Crippen LogP contribution >= 0.6 is 0 Å². The summed E-state index contributed by atoms with van der Waals surface area (Å²) in [7, 11) is 5.11. The monoisotopic (exact) mass is 382 g/mol. The van der Waals surface area contributed by atoms with Crippen molar-refractivity contribution in [2.24, 2.45) is 0 Å². The molecule has 1 heterocycles. The highest BCUT2D eigenvalue weighted by Gasteiger charge is 2.20. The molecule has 0 atom stereocenters. The summed E-state index contributed by atoms with van der Waals surface area (Å²) < 4.78 is 5.40. The van der Waals surface area contributed by atoms with Crippen molar-refractivity contribution < 1.29 is 14.6 Å². The van der Waals surface area contributed by atoms with E-state index in [4.69, 9.17) is 4.74 Å². The van der Waals surface area contributed by atoms with Crippen molar-refractivity contribution in [3.8, 4) is 22.9 Å². The van der Waals surface area contributed by atoms with E-state index >= 15 is 0 Å². The van der Waals surface area contributed by atoms with Gasteiger partial charge in [-0.2, -0.15) is 0 Å². The van der Waals surface area contributed by atoms with Gasteiger partial charge in [-0.15, -0.1) is 0 Å². The van der Waals surface area contributed by atoms with Crippen LogP contribution in [0.2, 0.25) is 0 Å². The molecule has 3 rings (SSSR count). The molecule has 0 aliphatic heterocycles. The number of H-pyrrole nitrogens is 1. The van der Waals surface area contributed by atoms with Crippen molar-refractivity contribution >= 4 is 28.7 Å². The Labute approximate surface area is 161 Å². The first-order valence-electron chi connectivity index (χ1n) is 8.61. The second-order valence-corrected chi connectivity index (χ2v) is 6.73. The molecular weight excluding hydrogens is 360 g/mol. The molecule has 1 aromatic heterocycles. The number of methoxy groups -OCH3 is 1. The largest absolute Gasteiger partial charge is 0.507 e. The number of nitrogens with one attached hydrogen (secondary N) is 2. The van der Waals surface area contributed by atoms with Crippen LogP contribution in [0.15, 0.2) is 23.0 Å². The van der Waals surface area contributed by atoms with Gasteiger partial charge < -0.3 is 25.0 Å². The summed E-state index contributed by atoms with van der Waals surface area (Å²) in [5, 5.41) is 12.9. The van der Waals surface area contributed by atoms with Crippen LogP contribution < -0.4 is 20.5 Å². The number of hydrogen-bond donors (Lipinski definition) is 3. The number of aromatic amines is 1. The fourth-order valence-corrected chi connectivity index (χ4v) is 3.22. The predicted molar refractivity (Wildman–Crippen MR) is 110 cm³/mol. The van der Waals surface area contributed by atoms with Crippen molar-refractivity contribution in [3.05, 3.63) is 39.7 Å². The van der Waals surface area contributed by atoms with Gasteiger partial charge in [-0.1, -0.05) is 0 Å². The Morgan fingerprint density at radius 1 is 1.21 bits per heavy atom. The van der Waals surface area contributed by atoms with Crippen LogP contribution in [0.25, 0.3) is 22.3 Å². The molecule has 0 spiro atoms. The van der Waals surface area contributed by atoms with Gasteiger partial charge in [-0.05, 0) is 37.1 Å². The van der Waals surface area contributed by atoms with Gasteiger partial charge >= 0.3 is 0 Å². The zero-order chi connectivity index (χ0) is 20.6. The van der Waals surface area contributed by atoms with Gasteiger partial charge in [0.25, 0.3) is 5.56 Å². The molecule has 0 bridgehead atoms. The van der Waals surface area contributed by atoms with E-state index in [0.29, 0.717) is 51.6 Å². The standard InChI is InChI=1S/C20H22N4O4/c1-10-6-12(7-11(2)18(10)26)19-22-17-15(20(27)23-19)14(28-5)8-13(24(3)4)16(17)21-9-25/h6-9,26H,1-5H3,(H,21,25)(H,22,23,27). The summed E-state index contributed by atoms with van der Waals surface area (Å²) in [6.45, 7) is 3.55. The maximum absolute atomic E-state index is 12.9. The van der Waals surface area contributed by atoms with Crippen LogP contribution in [0.1, 0.15) is 11.1 Å². The Morgan fingerprint density at radius 2 is 1.86 bits per heavy atom. The molecular formula is C20H22N4O4. The van der Waals surface area contributed by atoms with Crippen molar-refractivity contribution in [2.75, 3.05) is 31.4 Å². The highest BCUT2D eigenvalue weighted by Crippen LogP contribution is 2.37.